The molecule has 0 spiro atoms. The van der Waals surface area contributed by atoms with Crippen LogP contribution in [0.1, 0.15) is 56.9 Å². The average Bonchev–Trinajstić information content (AvgIpc) is 3.32. The van der Waals surface area contributed by atoms with Gasteiger partial charge in [0, 0.05) is 12.5 Å². The highest BCUT2D eigenvalue weighted by Gasteiger charge is 2.61. The Balaban J connectivity index is 1.55. The Labute approximate surface area is 222 Å². The molecule has 2 aliphatic heterocycles. The summed E-state index contributed by atoms with van der Waals surface area (Å²) in [4.78, 5) is 52.8. The Morgan fingerprint density at radius 2 is 1.87 bits per heavy atom. The molecule has 1 aromatic rings. The van der Waals surface area contributed by atoms with Gasteiger partial charge in [-0.3, -0.25) is 19.1 Å². The van der Waals surface area contributed by atoms with Gasteiger partial charge < -0.3 is 20.7 Å². The van der Waals surface area contributed by atoms with Crippen molar-refractivity contribution < 1.29 is 32.3 Å². The lowest BCUT2D eigenvalue weighted by Crippen LogP contribution is -2.57. The number of carbonyl (C=O) groups is 4. The van der Waals surface area contributed by atoms with E-state index in [1.807, 2.05) is 12.2 Å². The highest BCUT2D eigenvalue weighted by Crippen LogP contribution is 2.45. The van der Waals surface area contributed by atoms with Crippen LogP contribution in [0.25, 0.3) is 0 Å². The van der Waals surface area contributed by atoms with Crippen molar-refractivity contribution in [3.63, 3.8) is 0 Å². The first-order valence-corrected chi connectivity index (χ1v) is 14.6. The number of fused-ring (bicyclic) bond motifs is 2. The summed E-state index contributed by atoms with van der Waals surface area (Å²) in [7, 11) is -4.02. The van der Waals surface area contributed by atoms with Gasteiger partial charge in [-0.1, -0.05) is 48.9 Å². The van der Waals surface area contributed by atoms with E-state index in [0.29, 0.717) is 44.2 Å². The summed E-state index contributed by atoms with van der Waals surface area (Å²) < 4.78 is 32.8. The van der Waals surface area contributed by atoms with Gasteiger partial charge in [-0.15, -0.1) is 0 Å². The number of ether oxygens (including phenoxy) is 1. The van der Waals surface area contributed by atoms with Crippen molar-refractivity contribution in [3.05, 3.63) is 48.0 Å². The smallest absolute Gasteiger partial charge is 0.405 e. The highest BCUT2D eigenvalue weighted by atomic mass is 32.2. The Kier molecular flexibility index (Phi) is 8.39. The van der Waals surface area contributed by atoms with Gasteiger partial charge in [0.1, 0.15) is 11.6 Å². The maximum atomic E-state index is 13.4. The van der Waals surface area contributed by atoms with Crippen molar-refractivity contribution in [2.75, 3.05) is 6.54 Å². The number of nitrogens with zero attached hydrogens (tertiary/aromatic N) is 1. The molecule has 1 saturated heterocycles. The van der Waals surface area contributed by atoms with Gasteiger partial charge in [-0.2, -0.15) is 0 Å². The van der Waals surface area contributed by atoms with E-state index < -0.39 is 51.5 Å². The lowest BCUT2D eigenvalue weighted by molar-refractivity contribution is -0.146. The lowest BCUT2D eigenvalue weighted by atomic mass is 10.1. The summed E-state index contributed by atoms with van der Waals surface area (Å²) in [5.41, 5.74) is 4.28. The molecule has 4 amide bonds. The number of hydrogen-bond acceptors (Lipinski definition) is 7. The zero-order valence-electron chi connectivity index (χ0n) is 21.1. The van der Waals surface area contributed by atoms with Gasteiger partial charge in [0.15, 0.2) is 6.10 Å². The second-order valence-electron chi connectivity index (χ2n) is 10.1. The Morgan fingerprint density at radius 1 is 1.11 bits per heavy atom. The minimum atomic E-state index is -4.02. The Morgan fingerprint density at radius 3 is 2.61 bits per heavy atom. The fourth-order valence-corrected chi connectivity index (χ4v) is 6.41. The summed E-state index contributed by atoms with van der Waals surface area (Å²) in [5.74, 6) is -2.59. The second kappa shape index (κ2) is 11.5. The van der Waals surface area contributed by atoms with Crippen molar-refractivity contribution in [1.82, 2.24) is 14.9 Å². The molecule has 0 radical (unpaired) electrons. The molecule has 1 aliphatic carbocycles. The van der Waals surface area contributed by atoms with Crippen LogP contribution in [0.15, 0.2) is 42.5 Å². The van der Waals surface area contributed by atoms with Gasteiger partial charge in [0.25, 0.3) is 11.8 Å². The van der Waals surface area contributed by atoms with Gasteiger partial charge in [-0.25, -0.2) is 13.2 Å². The molecule has 3 aliphatic rings. The van der Waals surface area contributed by atoms with Crippen molar-refractivity contribution in [1.29, 1.82) is 0 Å². The average molecular weight is 547 g/mol. The van der Waals surface area contributed by atoms with Crippen LogP contribution < -0.4 is 15.8 Å². The van der Waals surface area contributed by atoms with Gasteiger partial charge >= 0.3 is 6.09 Å². The predicted octanol–water partition coefficient (Wildman–Crippen LogP) is 1.48. The van der Waals surface area contributed by atoms with E-state index in [0.717, 1.165) is 12.8 Å². The highest BCUT2D eigenvalue weighted by molar-refractivity contribution is 7.89. The van der Waals surface area contributed by atoms with E-state index >= 15 is 0 Å². The number of primary amides is 1. The minimum Gasteiger partial charge on any atom is -0.436 e. The maximum Gasteiger partial charge on any atom is 0.405 e. The van der Waals surface area contributed by atoms with Crippen LogP contribution in [0.2, 0.25) is 0 Å². The second-order valence-corrected chi connectivity index (χ2v) is 11.9. The number of rotatable bonds is 5. The third-order valence-corrected chi connectivity index (χ3v) is 8.50. The maximum absolute atomic E-state index is 13.4. The first kappa shape index (κ1) is 27.6. The largest absolute Gasteiger partial charge is 0.436 e. The number of benzene rings is 1. The summed E-state index contributed by atoms with van der Waals surface area (Å²) in [6, 6.07) is 7.61. The fraction of sp³-hybridized carbons (Fsp3) is 0.538. The van der Waals surface area contributed by atoms with E-state index in [4.69, 9.17) is 10.5 Å². The molecular weight excluding hydrogens is 512 g/mol. The van der Waals surface area contributed by atoms with E-state index in [1.54, 1.807) is 30.3 Å². The predicted molar refractivity (Wildman–Crippen MR) is 138 cm³/mol. The molecule has 206 valence electrons. The third-order valence-electron chi connectivity index (χ3n) is 7.29. The number of nitrogens with two attached hydrogens (primary N) is 1. The molecule has 12 heteroatoms. The van der Waals surface area contributed by atoms with Crippen LogP contribution in [-0.4, -0.2) is 61.4 Å². The van der Waals surface area contributed by atoms with Gasteiger partial charge in [0.05, 0.1) is 5.75 Å². The summed E-state index contributed by atoms with van der Waals surface area (Å²) >= 11 is 0. The van der Waals surface area contributed by atoms with Crippen LogP contribution in [0.5, 0.6) is 0 Å². The number of allylic oxidation sites excluding steroid dienone is 1. The molecule has 2 heterocycles. The quantitative estimate of drug-likeness (QED) is 0.471. The molecule has 11 nitrogen and oxygen atoms in total. The summed E-state index contributed by atoms with van der Waals surface area (Å²) in [6.45, 7) is 0.295. The zero-order valence-corrected chi connectivity index (χ0v) is 22.0. The van der Waals surface area contributed by atoms with Crippen LogP contribution >= 0.6 is 0 Å². The Hall–Kier alpha value is -3.41. The van der Waals surface area contributed by atoms with Crippen LogP contribution in [0, 0.1) is 5.92 Å². The molecule has 1 aromatic carbocycles. The van der Waals surface area contributed by atoms with Crippen molar-refractivity contribution in [2.24, 2.45) is 11.7 Å². The number of sulfonamides is 1. The monoisotopic (exact) mass is 546 g/mol. The van der Waals surface area contributed by atoms with E-state index in [-0.39, 0.29) is 18.1 Å². The van der Waals surface area contributed by atoms with Gasteiger partial charge in [-0.05, 0) is 50.5 Å². The SMILES string of the molecule is NC(=O)OC1CCCCC/C=C\C2CC2(C(=O)NS(=O)(=O)Cc2ccccc2)NC(=O)C2CCCN2C1=O. The van der Waals surface area contributed by atoms with Crippen LogP contribution in [0.4, 0.5) is 4.79 Å². The number of hydrogen-bond donors (Lipinski definition) is 3. The molecule has 0 bridgehead atoms. The minimum absolute atomic E-state index is 0.246. The van der Waals surface area contributed by atoms with E-state index in [9.17, 15) is 27.6 Å². The molecule has 4 unspecified atom stereocenters. The molecule has 4 atom stereocenters. The molecule has 2 fully saturated rings. The number of nitrogens with one attached hydrogen (secondary N) is 2. The Bertz CT molecular complexity index is 1200. The molecule has 1 saturated carbocycles. The topological polar surface area (TPSA) is 165 Å². The molecule has 0 aromatic heterocycles. The van der Waals surface area contributed by atoms with Crippen molar-refractivity contribution in [2.45, 2.75) is 74.8 Å². The molecule has 38 heavy (non-hydrogen) atoms. The molecular formula is C26H34N4O7S. The lowest BCUT2D eigenvalue weighted by Gasteiger charge is -2.29. The first-order valence-electron chi connectivity index (χ1n) is 13.0. The fourth-order valence-electron chi connectivity index (χ4n) is 5.24. The molecule has 4 rings (SSSR count). The van der Waals surface area contributed by atoms with Crippen molar-refractivity contribution >= 4 is 33.8 Å². The first-order chi connectivity index (χ1) is 18.1. The van der Waals surface area contributed by atoms with Crippen LogP contribution in [0.3, 0.4) is 0 Å². The van der Waals surface area contributed by atoms with Gasteiger partial charge in [0.2, 0.25) is 15.9 Å². The zero-order chi connectivity index (χ0) is 27.3. The van der Waals surface area contributed by atoms with E-state index in [2.05, 4.69) is 10.0 Å². The van der Waals surface area contributed by atoms with Crippen LogP contribution in [-0.2, 0) is 34.9 Å². The van der Waals surface area contributed by atoms with Crippen molar-refractivity contribution in [3.8, 4) is 0 Å². The normalized spacial score (nSPS) is 29.1. The number of carbonyl (C=O) groups excluding carboxylic acids is 4. The standard InChI is InChI=1S/C26H34N4O7S/c27-25(34)37-21-14-8-3-1-2-7-12-19-16-26(19,28-22(31)20-13-9-15-30(20)23(21)32)24(33)29-38(35,36)17-18-10-5-4-6-11-18/h4-7,10-12,19-21H,1-3,8-9,13-17H2,(H2,27,34)(H,28,31)(H,29,33)/b12-7-. The number of amides is 4. The van der Waals surface area contributed by atoms with E-state index in [1.165, 1.54) is 4.90 Å². The summed E-state index contributed by atoms with van der Waals surface area (Å²) in [5, 5.41) is 2.78. The third kappa shape index (κ3) is 6.53. The summed E-state index contributed by atoms with van der Waals surface area (Å²) in [6.07, 6.45) is 6.03. The molecule has 4 N–H and O–H groups in total.